The predicted molar refractivity (Wildman–Crippen MR) is 114 cm³/mol. The SMILES string of the molecule is CC[C@@H](C(=O)NC)N(Cc1ccc(F)cc1)C(=O)CSCc1ccc([N+](=O)[O-])cc1. The number of nitro groups is 1. The second-order valence-electron chi connectivity index (χ2n) is 6.60. The Bertz CT molecular complexity index is 875. The van der Waals surface area contributed by atoms with Gasteiger partial charge in [0.2, 0.25) is 11.8 Å². The van der Waals surface area contributed by atoms with Crippen LogP contribution in [0.25, 0.3) is 0 Å². The molecule has 9 heteroatoms. The minimum atomic E-state index is -0.632. The van der Waals surface area contributed by atoms with E-state index in [1.165, 1.54) is 48.0 Å². The summed E-state index contributed by atoms with van der Waals surface area (Å²) < 4.78 is 13.2. The predicted octanol–water partition coefficient (Wildman–Crippen LogP) is 3.52. The second-order valence-corrected chi connectivity index (χ2v) is 7.59. The van der Waals surface area contributed by atoms with Gasteiger partial charge in [-0.15, -0.1) is 11.8 Å². The number of amides is 2. The van der Waals surface area contributed by atoms with Crippen molar-refractivity contribution in [3.05, 3.63) is 75.6 Å². The van der Waals surface area contributed by atoms with Crippen molar-refractivity contribution >= 4 is 29.3 Å². The number of carbonyl (C=O) groups excluding carboxylic acids is 2. The first-order chi connectivity index (χ1) is 14.3. The van der Waals surface area contributed by atoms with Gasteiger partial charge in [-0.1, -0.05) is 31.2 Å². The van der Waals surface area contributed by atoms with Crippen LogP contribution in [0, 0.1) is 15.9 Å². The molecule has 0 aliphatic rings. The van der Waals surface area contributed by atoms with E-state index in [-0.39, 0.29) is 35.6 Å². The number of hydrogen-bond donors (Lipinski definition) is 1. The minimum Gasteiger partial charge on any atom is -0.357 e. The molecule has 2 aromatic rings. The first-order valence-electron chi connectivity index (χ1n) is 9.42. The number of benzene rings is 2. The van der Waals surface area contributed by atoms with Crippen LogP contribution in [-0.4, -0.2) is 40.5 Å². The maximum atomic E-state index is 13.2. The Labute approximate surface area is 178 Å². The molecule has 0 unspecified atom stereocenters. The normalized spacial score (nSPS) is 11.6. The van der Waals surface area contributed by atoms with Crippen LogP contribution in [0.15, 0.2) is 48.5 Å². The first-order valence-corrected chi connectivity index (χ1v) is 10.6. The summed E-state index contributed by atoms with van der Waals surface area (Å²) in [5.74, 6) is -0.181. The molecule has 0 saturated carbocycles. The molecule has 30 heavy (non-hydrogen) atoms. The molecule has 0 aromatic heterocycles. The van der Waals surface area contributed by atoms with Crippen LogP contribution in [0.1, 0.15) is 24.5 Å². The Hall–Kier alpha value is -2.94. The summed E-state index contributed by atoms with van der Waals surface area (Å²) in [4.78, 5) is 37.0. The van der Waals surface area contributed by atoms with Crippen LogP contribution in [0.2, 0.25) is 0 Å². The van der Waals surface area contributed by atoms with E-state index in [1.807, 2.05) is 6.92 Å². The van der Waals surface area contributed by atoms with Crippen molar-refractivity contribution in [1.82, 2.24) is 10.2 Å². The van der Waals surface area contributed by atoms with Gasteiger partial charge in [0, 0.05) is 31.5 Å². The summed E-state index contributed by atoms with van der Waals surface area (Å²) in [7, 11) is 1.52. The zero-order valence-corrected chi connectivity index (χ0v) is 17.7. The standard InChI is InChI=1S/C21H24FN3O4S/c1-3-19(21(27)23-2)24(12-15-4-8-17(22)9-5-15)20(26)14-30-13-16-6-10-18(11-7-16)25(28)29/h4-11,19H,3,12-14H2,1-2H3,(H,23,27)/t19-/m0/s1. The molecule has 2 aromatic carbocycles. The van der Waals surface area contributed by atoms with E-state index >= 15 is 0 Å². The zero-order chi connectivity index (χ0) is 22.1. The molecule has 0 heterocycles. The average molecular weight is 434 g/mol. The topological polar surface area (TPSA) is 92.6 Å². The van der Waals surface area contributed by atoms with E-state index in [4.69, 9.17) is 0 Å². The molecular weight excluding hydrogens is 409 g/mol. The highest BCUT2D eigenvalue weighted by molar-refractivity contribution is 7.99. The molecule has 7 nitrogen and oxygen atoms in total. The molecule has 1 N–H and O–H groups in total. The van der Waals surface area contributed by atoms with Crippen molar-refractivity contribution in [1.29, 1.82) is 0 Å². The van der Waals surface area contributed by atoms with Gasteiger partial charge in [0.25, 0.3) is 5.69 Å². The molecule has 0 spiro atoms. The van der Waals surface area contributed by atoms with E-state index in [2.05, 4.69) is 5.32 Å². The highest BCUT2D eigenvalue weighted by Gasteiger charge is 2.27. The first kappa shape index (κ1) is 23.3. The van der Waals surface area contributed by atoms with Crippen molar-refractivity contribution < 1.29 is 18.9 Å². The molecule has 0 aliphatic heterocycles. The van der Waals surface area contributed by atoms with Crippen LogP contribution in [-0.2, 0) is 21.9 Å². The van der Waals surface area contributed by atoms with Gasteiger partial charge in [-0.2, -0.15) is 0 Å². The largest absolute Gasteiger partial charge is 0.357 e. The maximum absolute atomic E-state index is 13.2. The third-order valence-corrected chi connectivity index (χ3v) is 5.53. The molecule has 0 bridgehead atoms. The van der Waals surface area contributed by atoms with E-state index in [0.29, 0.717) is 12.2 Å². The summed E-state index contributed by atoms with van der Waals surface area (Å²) in [5, 5.41) is 13.3. The molecule has 2 rings (SSSR count). The van der Waals surface area contributed by atoms with E-state index < -0.39 is 11.0 Å². The van der Waals surface area contributed by atoms with Crippen molar-refractivity contribution in [3.8, 4) is 0 Å². The van der Waals surface area contributed by atoms with E-state index in [1.54, 1.807) is 24.3 Å². The number of nitrogens with zero attached hydrogens (tertiary/aromatic N) is 2. The summed E-state index contributed by atoms with van der Waals surface area (Å²) in [6, 6.07) is 11.4. The summed E-state index contributed by atoms with van der Waals surface area (Å²) in [6.45, 7) is 2.03. The lowest BCUT2D eigenvalue weighted by molar-refractivity contribution is -0.384. The minimum absolute atomic E-state index is 0.0154. The Balaban J connectivity index is 2.06. The maximum Gasteiger partial charge on any atom is 0.269 e. The van der Waals surface area contributed by atoms with Gasteiger partial charge in [0.1, 0.15) is 11.9 Å². The van der Waals surface area contributed by atoms with E-state index in [0.717, 1.165) is 11.1 Å². The lowest BCUT2D eigenvalue weighted by Crippen LogP contribution is -2.48. The second kappa shape index (κ2) is 11.3. The van der Waals surface area contributed by atoms with Crippen LogP contribution in [0.3, 0.4) is 0 Å². The molecule has 0 radical (unpaired) electrons. The highest BCUT2D eigenvalue weighted by Crippen LogP contribution is 2.19. The molecule has 1 atom stereocenters. The summed E-state index contributed by atoms with van der Waals surface area (Å²) in [5.41, 5.74) is 1.61. The van der Waals surface area contributed by atoms with Gasteiger partial charge in [-0.25, -0.2) is 4.39 Å². The number of likely N-dealkylation sites (N-methyl/N-ethyl adjacent to an activating group) is 1. The Morgan fingerprint density at radius 3 is 2.27 bits per heavy atom. The number of non-ortho nitro benzene ring substituents is 1. The molecule has 2 amide bonds. The monoisotopic (exact) mass is 433 g/mol. The van der Waals surface area contributed by atoms with E-state index in [9.17, 15) is 24.1 Å². The number of nitrogens with one attached hydrogen (secondary N) is 1. The van der Waals surface area contributed by atoms with Crippen LogP contribution < -0.4 is 5.32 Å². The number of thioether (sulfide) groups is 1. The molecule has 0 fully saturated rings. The molecule has 160 valence electrons. The van der Waals surface area contributed by atoms with Crippen molar-refractivity contribution in [2.75, 3.05) is 12.8 Å². The van der Waals surface area contributed by atoms with Crippen LogP contribution in [0.5, 0.6) is 0 Å². The van der Waals surface area contributed by atoms with Gasteiger partial charge < -0.3 is 10.2 Å². The number of rotatable bonds is 10. The van der Waals surface area contributed by atoms with Gasteiger partial charge in [0.05, 0.1) is 10.7 Å². The van der Waals surface area contributed by atoms with Crippen LogP contribution >= 0.6 is 11.8 Å². The third kappa shape index (κ3) is 6.55. The van der Waals surface area contributed by atoms with Crippen molar-refractivity contribution in [2.45, 2.75) is 31.7 Å². The van der Waals surface area contributed by atoms with Crippen LogP contribution in [0.4, 0.5) is 10.1 Å². The smallest absolute Gasteiger partial charge is 0.269 e. The number of hydrogen-bond acceptors (Lipinski definition) is 5. The van der Waals surface area contributed by atoms with Gasteiger partial charge in [-0.3, -0.25) is 19.7 Å². The highest BCUT2D eigenvalue weighted by atomic mass is 32.2. The molecular formula is C21H24FN3O4S. The Kier molecular flexibility index (Phi) is 8.79. The third-order valence-electron chi connectivity index (χ3n) is 4.54. The van der Waals surface area contributed by atoms with Crippen molar-refractivity contribution in [2.24, 2.45) is 0 Å². The zero-order valence-electron chi connectivity index (χ0n) is 16.8. The fourth-order valence-electron chi connectivity index (χ4n) is 2.93. The van der Waals surface area contributed by atoms with Gasteiger partial charge in [0.15, 0.2) is 0 Å². The number of carbonyl (C=O) groups is 2. The van der Waals surface area contributed by atoms with Gasteiger partial charge in [-0.05, 0) is 29.7 Å². The Morgan fingerprint density at radius 1 is 1.13 bits per heavy atom. The lowest BCUT2D eigenvalue weighted by Gasteiger charge is -2.30. The fraction of sp³-hybridized carbons (Fsp3) is 0.333. The van der Waals surface area contributed by atoms with Crippen molar-refractivity contribution in [3.63, 3.8) is 0 Å². The average Bonchev–Trinajstić information content (AvgIpc) is 2.75. The molecule has 0 aliphatic carbocycles. The number of nitro benzene ring substituents is 1. The quantitative estimate of drug-likeness (QED) is 0.457. The fourth-order valence-corrected chi connectivity index (χ4v) is 3.80. The number of halogens is 1. The summed E-state index contributed by atoms with van der Waals surface area (Å²) >= 11 is 1.36. The Morgan fingerprint density at radius 2 is 1.73 bits per heavy atom. The lowest BCUT2D eigenvalue weighted by atomic mass is 10.1. The van der Waals surface area contributed by atoms with Gasteiger partial charge >= 0.3 is 0 Å². The molecule has 0 saturated heterocycles. The summed E-state index contributed by atoms with van der Waals surface area (Å²) in [6.07, 6.45) is 0.444.